The molecule has 0 atom stereocenters. The maximum Gasteiger partial charge on any atom is 0.344 e. The van der Waals surface area contributed by atoms with Gasteiger partial charge in [-0.05, 0) is 68.7 Å². The van der Waals surface area contributed by atoms with E-state index in [9.17, 15) is 14.9 Å². The Hall–Kier alpha value is -3.76. The third-order valence-corrected chi connectivity index (χ3v) is 5.06. The number of esters is 1. The van der Waals surface area contributed by atoms with Gasteiger partial charge in [-0.3, -0.25) is 4.79 Å². The van der Waals surface area contributed by atoms with Gasteiger partial charge in [0.1, 0.15) is 11.6 Å². The van der Waals surface area contributed by atoms with Crippen molar-refractivity contribution in [2.45, 2.75) is 27.2 Å². The minimum Gasteiger partial charge on any atom is -0.490 e. The van der Waals surface area contributed by atoms with Crippen molar-refractivity contribution in [3.05, 3.63) is 70.3 Å². The molecule has 0 bridgehead atoms. The predicted molar refractivity (Wildman–Crippen MR) is 132 cm³/mol. The van der Waals surface area contributed by atoms with Crippen LogP contribution < -0.4 is 14.8 Å². The summed E-state index contributed by atoms with van der Waals surface area (Å²) >= 11 is 6.12. The largest absolute Gasteiger partial charge is 0.490 e. The molecule has 0 saturated heterocycles. The molecule has 2 rings (SSSR count). The van der Waals surface area contributed by atoms with E-state index in [-0.39, 0.29) is 18.8 Å². The maximum atomic E-state index is 12.8. The van der Waals surface area contributed by atoms with Gasteiger partial charge in [-0.2, -0.15) is 5.26 Å². The van der Waals surface area contributed by atoms with Crippen molar-refractivity contribution in [3.8, 4) is 17.6 Å². The third kappa shape index (κ3) is 7.12. The maximum absolute atomic E-state index is 12.8. The minimum atomic E-state index is -0.571. The lowest BCUT2D eigenvalue weighted by atomic mass is 10.0. The minimum absolute atomic E-state index is 0.105. The van der Waals surface area contributed by atoms with Crippen LogP contribution >= 0.6 is 11.6 Å². The first-order valence-electron chi connectivity index (χ1n) is 10.7. The van der Waals surface area contributed by atoms with Crippen LogP contribution in [0.4, 0.5) is 5.69 Å². The van der Waals surface area contributed by atoms with Crippen LogP contribution in [0.15, 0.2) is 48.6 Å². The van der Waals surface area contributed by atoms with Gasteiger partial charge in [0.25, 0.3) is 5.91 Å². The van der Waals surface area contributed by atoms with E-state index in [2.05, 4.69) is 11.9 Å². The summed E-state index contributed by atoms with van der Waals surface area (Å²) in [6.07, 6.45) is 3.55. The summed E-state index contributed by atoms with van der Waals surface area (Å²) in [5.41, 5.74) is 2.35. The van der Waals surface area contributed by atoms with Gasteiger partial charge in [0.15, 0.2) is 18.1 Å². The van der Waals surface area contributed by atoms with Crippen molar-refractivity contribution in [1.29, 1.82) is 5.26 Å². The number of benzene rings is 2. The number of nitriles is 1. The van der Waals surface area contributed by atoms with E-state index in [4.69, 9.17) is 25.8 Å². The van der Waals surface area contributed by atoms with Gasteiger partial charge < -0.3 is 19.5 Å². The number of anilines is 1. The Labute approximate surface area is 204 Å². The smallest absolute Gasteiger partial charge is 0.344 e. The average Bonchev–Trinajstić information content (AvgIpc) is 2.80. The van der Waals surface area contributed by atoms with Crippen LogP contribution in [0, 0.1) is 18.3 Å². The molecule has 0 radical (unpaired) electrons. The number of amides is 1. The Bertz CT molecular complexity index is 1130. The molecule has 0 fully saturated rings. The molecule has 1 amide bonds. The van der Waals surface area contributed by atoms with Crippen molar-refractivity contribution in [2.24, 2.45) is 0 Å². The molecule has 1 N–H and O–H groups in total. The van der Waals surface area contributed by atoms with Gasteiger partial charge in [-0.15, -0.1) is 6.58 Å². The normalized spacial score (nSPS) is 10.7. The molecule has 0 aromatic heterocycles. The molecule has 0 aliphatic rings. The summed E-state index contributed by atoms with van der Waals surface area (Å²) in [7, 11) is 0. The zero-order chi connectivity index (χ0) is 25.1. The quantitative estimate of drug-likeness (QED) is 0.203. The van der Waals surface area contributed by atoms with E-state index in [1.807, 2.05) is 13.0 Å². The van der Waals surface area contributed by atoms with Gasteiger partial charge in [0, 0.05) is 16.3 Å². The molecule has 0 aliphatic heterocycles. The van der Waals surface area contributed by atoms with E-state index < -0.39 is 11.9 Å². The number of hydrogen-bond donors (Lipinski definition) is 1. The first-order valence-corrected chi connectivity index (χ1v) is 11.1. The van der Waals surface area contributed by atoms with Crippen LogP contribution in [0.25, 0.3) is 6.08 Å². The second-order valence-electron chi connectivity index (χ2n) is 7.06. The standard InChI is InChI=1S/C26H27ClN2O5/c1-5-9-19-12-18(14-23(32-6-2)25(19)34-16-24(30)33-7-3)13-20(15-28)26(31)29-22-11-8-10-21(27)17(22)4/h5,8,10-14H,1,6-7,9,16H2,2-4H3,(H,29,31)/b20-13+. The Morgan fingerprint density at radius 3 is 2.62 bits per heavy atom. The summed E-state index contributed by atoms with van der Waals surface area (Å²) in [4.78, 5) is 24.5. The highest BCUT2D eigenvalue weighted by atomic mass is 35.5. The fourth-order valence-electron chi connectivity index (χ4n) is 3.08. The molecule has 0 aliphatic carbocycles. The fraction of sp³-hybridized carbons (Fsp3) is 0.269. The first kappa shape index (κ1) is 26.5. The van der Waals surface area contributed by atoms with E-state index in [1.54, 1.807) is 50.3 Å². The van der Waals surface area contributed by atoms with Crippen LogP contribution in [0.5, 0.6) is 11.5 Å². The van der Waals surface area contributed by atoms with Crippen LogP contribution in [0.2, 0.25) is 5.02 Å². The van der Waals surface area contributed by atoms with Crippen molar-refractivity contribution in [3.63, 3.8) is 0 Å². The third-order valence-electron chi connectivity index (χ3n) is 4.65. The number of halogens is 1. The molecule has 34 heavy (non-hydrogen) atoms. The van der Waals surface area contributed by atoms with Gasteiger partial charge in [-0.1, -0.05) is 23.7 Å². The van der Waals surface area contributed by atoms with E-state index in [0.717, 1.165) is 0 Å². The number of hydrogen-bond acceptors (Lipinski definition) is 6. The highest BCUT2D eigenvalue weighted by molar-refractivity contribution is 6.31. The topological polar surface area (TPSA) is 97.7 Å². The molecule has 2 aromatic rings. The predicted octanol–water partition coefficient (Wildman–Crippen LogP) is 5.26. The number of allylic oxidation sites excluding steroid dienone is 1. The van der Waals surface area contributed by atoms with Crippen LogP contribution in [0.1, 0.15) is 30.5 Å². The lowest BCUT2D eigenvalue weighted by molar-refractivity contribution is -0.145. The Morgan fingerprint density at radius 2 is 1.97 bits per heavy atom. The highest BCUT2D eigenvalue weighted by Crippen LogP contribution is 2.35. The monoisotopic (exact) mass is 482 g/mol. The Morgan fingerprint density at radius 1 is 1.21 bits per heavy atom. The number of carbonyl (C=O) groups excluding carboxylic acids is 2. The number of carbonyl (C=O) groups is 2. The lowest BCUT2D eigenvalue weighted by Gasteiger charge is -2.16. The summed E-state index contributed by atoms with van der Waals surface area (Å²) < 4.78 is 16.3. The number of ether oxygens (including phenoxy) is 3. The van der Waals surface area contributed by atoms with E-state index in [1.165, 1.54) is 6.08 Å². The molecule has 2 aromatic carbocycles. The zero-order valence-electron chi connectivity index (χ0n) is 19.4. The Balaban J connectivity index is 2.42. The van der Waals surface area contributed by atoms with Crippen molar-refractivity contribution < 1.29 is 23.8 Å². The summed E-state index contributed by atoms with van der Waals surface area (Å²) in [6, 6.07) is 10.5. The summed E-state index contributed by atoms with van der Waals surface area (Å²) in [5, 5.41) is 12.9. The van der Waals surface area contributed by atoms with Gasteiger partial charge in [0.2, 0.25) is 0 Å². The van der Waals surface area contributed by atoms with Gasteiger partial charge >= 0.3 is 5.97 Å². The van der Waals surface area contributed by atoms with Crippen molar-refractivity contribution >= 4 is 35.2 Å². The van der Waals surface area contributed by atoms with Gasteiger partial charge in [-0.25, -0.2) is 4.79 Å². The van der Waals surface area contributed by atoms with Crippen molar-refractivity contribution in [1.82, 2.24) is 0 Å². The summed E-state index contributed by atoms with van der Waals surface area (Å²) in [5.74, 6) is -0.317. The number of nitrogens with one attached hydrogen (secondary N) is 1. The highest BCUT2D eigenvalue weighted by Gasteiger charge is 2.17. The zero-order valence-corrected chi connectivity index (χ0v) is 20.2. The van der Waals surface area contributed by atoms with Gasteiger partial charge in [0.05, 0.1) is 13.2 Å². The average molecular weight is 483 g/mol. The molecule has 0 spiro atoms. The molecule has 178 valence electrons. The van der Waals surface area contributed by atoms with E-state index in [0.29, 0.717) is 51.9 Å². The second-order valence-corrected chi connectivity index (χ2v) is 7.47. The molecular weight excluding hydrogens is 456 g/mol. The Kier molecular flexibility index (Phi) is 10.2. The summed E-state index contributed by atoms with van der Waals surface area (Å²) in [6.45, 7) is 9.38. The SMILES string of the molecule is C=CCc1cc(/C=C(\C#N)C(=O)Nc2cccc(Cl)c2C)cc(OCC)c1OCC(=O)OCC. The molecule has 7 nitrogen and oxygen atoms in total. The van der Waals surface area contributed by atoms with Crippen LogP contribution in [-0.4, -0.2) is 31.7 Å². The molecule has 0 saturated carbocycles. The molecular formula is C26H27ClN2O5. The molecule has 0 unspecified atom stereocenters. The fourth-order valence-corrected chi connectivity index (χ4v) is 3.26. The molecule has 0 heterocycles. The molecule has 8 heteroatoms. The number of nitrogens with zero attached hydrogens (tertiary/aromatic N) is 1. The van der Waals surface area contributed by atoms with Crippen LogP contribution in [-0.2, 0) is 20.7 Å². The van der Waals surface area contributed by atoms with Crippen molar-refractivity contribution in [2.75, 3.05) is 25.1 Å². The van der Waals surface area contributed by atoms with E-state index >= 15 is 0 Å². The van der Waals surface area contributed by atoms with Crippen LogP contribution in [0.3, 0.4) is 0 Å². The first-order chi connectivity index (χ1) is 16.3. The lowest BCUT2D eigenvalue weighted by Crippen LogP contribution is -2.16. The second kappa shape index (κ2) is 13.1. The number of rotatable bonds is 11.